The zero-order chi connectivity index (χ0) is 17.3. The number of hydrogen-bond acceptors (Lipinski definition) is 3. The van der Waals surface area contributed by atoms with Crippen molar-refractivity contribution in [3.8, 4) is 0 Å². The Morgan fingerprint density at radius 2 is 1.96 bits per heavy atom. The molecule has 0 spiro atoms. The van der Waals surface area contributed by atoms with Gasteiger partial charge >= 0.3 is 5.97 Å². The van der Waals surface area contributed by atoms with Crippen molar-refractivity contribution in [1.82, 2.24) is 0 Å². The lowest BCUT2D eigenvalue weighted by atomic mass is 10.1. The molecule has 6 heteroatoms. The van der Waals surface area contributed by atoms with E-state index in [-0.39, 0.29) is 29.1 Å². The van der Waals surface area contributed by atoms with Crippen LogP contribution in [0.4, 0.5) is 5.69 Å². The molecule has 0 saturated heterocycles. The fourth-order valence-corrected chi connectivity index (χ4v) is 3.24. The molecule has 124 valence electrons. The topological polar surface area (TPSA) is 46.6 Å². The van der Waals surface area contributed by atoms with Crippen molar-refractivity contribution in [2.75, 3.05) is 11.5 Å². The van der Waals surface area contributed by atoms with E-state index in [2.05, 4.69) is 0 Å². The zero-order valence-corrected chi connectivity index (χ0v) is 14.5. The number of carbonyl (C=O) groups excluding carboxylic acids is 2. The molecule has 0 aliphatic carbocycles. The van der Waals surface area contributed by atoms with Crippen molar-refractivity contribution >= 4 is 40.8 Å². The summed E-state index contributed by atoms with van der Waals surface area (Å²) in [6.07, 6.45) is 0.788. The number of fused-ring (bicyclic) bond motifs is 1. The predicted octanol–water partition coefficient (Wildman–Crippen LogP) is 4.13. The molecule has 0 N–H and O–H groups in total. The van der Waals surface area contributed by atoms with Crippen molar-refractivity contribution in [3.63, 3.8) is 0 Å². The number of benzene rings is 2. The lowest BCUT2D eigenvalue weighted by Crippen LogP contribution is -2.38. The van der Waals surface area contributed by atoms with Crippen molar-refractivity contribution in [3.05, 3.63) is 63.6 Å². The molecule has 0 saturated carbocycles. The third-order valence-electron chi connectivity index (χ3n) is 3.95. The third-order valence-corrected chi connectivity index (χ3v) is 4.52. The highest BCUT2D eigenvalue weighted by Crippen LogP contribution is 2.31. The van der Waals surface area contributed by atoms with Crippen LogP contribution >= 0.6 is 23.2 Å². The summed E-state index contributed by atoms with van der Waals surface area (Å²) in [4.78, 5) is 26.3. The van der Waals surface area contributed by atoms with Gasteiger partial charge in [0.15, 0.2) is 6.61 Å². The number of nitrogens with zero attached hydrogens (tertiary/aromatic N) is 1. The summed E-state index contributed by atoms with van der Waals surface area (Å²) in [6, 6.07) is 12.3. The summed E-state index contributed by atoms with van der Waals surface area (Å²) in [7, 11) is 0. The molecule has 1 aliphatic heterocycles. The number of rotatable bonds is 3. The Morgan fingerprint density at radius 3 is 2.75 bits per heavy atom. The fraction of sp³-hybridized carbons (Fsp3) is 0.222. The first-order valence-electron chi connectivity index (χ1n) is 7.49. The molecular weight excluding hydrogens is 349 g/mol. The molecule has 0 radical (unpaired) electrons. The van der Waals surface area contributed by atoms with Crippen LogP contribution in [-0.4, -0.2) is 24.5 Å². The van der Waals surface area contributed by atoms with Gasteiger partial charge in [-0.2, -0.15) is 0 Å². The van der Waals surface area contributed by atoms with E-state index < -0.39 is 5.97 Å². The van der Waals surface area contributed by atoms with Crippen molar-refractivity contribution in [2.24, 2.45) is 0 Å². The predicted molar refractivity (Wildman–Crippen MR) is 93.8 cm³/mol. The first kappa shape index (κ1) is 16.8. The summed E-state index contributed by atoms with van der Waals surface area (Å²) in [6.45, 7) is 1.62. The Kier molecular flexibility index (Phi) is 4.78. The van der Waals surface area contributed by atoms with Crippen LogP contribution < -0.4 is 4.90 Å². The van der Waals surface area contributed by atoms with Crippen LogP contribution in [0.15, 0.2) is 42.5 Å². The van der Waals surface area contributed by atoms with Crippen LogP contribution in [0.25, 0.3) is 0 Å². The number of amides is 1. The summed E-state index contributed by atoms with van der Waals surface area (Å²) in [5.74, 6) is -0.935. The molecule has 4 nitrogen and oxygen atoms in total. The fourth-order valence-electron chi connectivity index (χ4n) is 2.87. The molecule has 1 atom stereocenters. The van der Waals surface area contributed by atoms with E-state index in [0.717, 1.165) is 17.7 Å². The highest BCUT2D eigenvalue weighted by Gasteiger charge is 2.31. The van der Waals surface area contributed by atoms with Crippen LogP contribution in [0.3, 0.4) is 0 Å². The Labute approximate surface area is 149 Å². The third kappa shape index (κ3) is 3.25. The Bertz CT molecular complexity index is 807. The molecule has 3 rings (SSSR count). The van der Waals surface area contributed by atoms with Crippen LogP contribution in [0.1, 0.15) is 22.8 Å². The number of halogens is 2. The van der Waals surface area contributed by atoms with E-state index in [0.29, 0.717) is 5.02 Å². The van der Waals surface area contributed by atoms with Gasteiger partial charge in [-0.3, -0.25) is 4.79 Å². The highest BCUT2D eigenvalue weighted by molar-refractivity contribution is 6.35. The van der Waals surface area contributed by atoms with E-state index in [9.17, 15) is 9.59 Å². The lowest BCUT2D eigenvalue weighted by Gasteiger charge is -2.22. The first-order valence-corrected chi connectivity index (χ1v) is 8.25. The second kappa shape index (κ2) is 6.83. The van der Waals surface area contributed by atoms with Gasteiger partial charge in [0.1, 0.15) is 0 Å². The van der Waals surface area contributed by atoms with Gasteiger partial charge < -0.3 is 9.64 Å². The molecule has 0 bridgehead atoms. The average molecular weight is 364 g/mol. The molecule has 1 amide bonds. The lowest BCUT2D eigenvalue weighted by molar-refractivity contribution is -0.122. The molecule has 24 heavy (non-hydrogen) atoms. The first-order chi connectivity index (χ1) is 11.5. The summed E-state index contributed by atoms with van der Waals surface area (Å²) in [5.41, 5.74) is 2.13. The summed E-state index contributed by atoms with van der Waals surface area (Å²) in [5, 5.41) is 0.608. The minimum atomic E-state index is -0.670. The number of para-hydroxylation sites is 1. The van der Waals surface area contributed by atoms with E-state index >= 15 is 0 Å². The smallest absolute Gasteiger partial charge is 0.340 e. The number of hydrogen-bond donors (Lipinski definition) is 0. The van der Waals surface area contributed by atoms with E-state index in [4.69, 9.17) is 27.9 Å². The maximum absolute atomic E-state index is 12.5. The molecule has 0 fully saturated rings. The molecule has 0 unspecified atom stereocenters. The number of ether oxygens (including phenoxy) is 1. The minimum absolute atomic E-state index is 0.0309. The number of anilines is 1. The minimum Gasteiger partial charge on any atom is -0.452 e. The van der Waals surface area contributed by atoms with Crippen molar-refractivity contribution < 1.29 is 14.3 Å². The van der Waals surface area contributed by atoms with Gasteiger partial charge in [-0.1, -0.05) is 41.4 Å². The van der Waals surface area contributed by atoms with Crippen LogP contribution in [0, 0.1) is 0 Å². The quantitative estimate of drug-likeness (QED) is 0.770. The monoisotopic (exact) mass is 363 g/mol. The highest BCUT2D eigenvalue weighted by atomic mass is 35.5. The van der Waals surface area contributed by atoms with Gasteiger partial charge in [0, 0.05) is 16.8 Å². The Morgan fingerprint density at radius 1 is 1.21 bits per heavy atom. The Hall–Kier alpha value is -2.04. The molecule has 2 aromatic rings. The SMILES string of the molecule is C[C@@H]1Cc2ccccc2N1C(=O)COC(=O)c1cc(Cl)ccc1Cl. The molecule has 2 aromatic carbocycles. The maximum atomic E-state index is 12.5. The zero-order valence-electron chi connectivity index (χ0n) is 13.0. The largest absolute Gasteiger partial charge is 0.452 e. The van der Waals surface area contributed by atoms with Crippen LogP contribution in [-0.2, 0) is 16.0 Å². The van der Waals surface area contributed by atoms with E-state index in [1.165, 1.54) is 12.1 Å². The molecular formula is C18H15Cl2NO3. The van der Waals surface area contributed by atoms with Crippen molar-refractivity contribution in [2.45, 2.75) is 19.4 Å². The molecule has 1 heterocycles. The van der Waals surface area contributed by atoms with Gasteiger partial charge in [0.05, 0.1) is 10.6 Å². The van der Waals surface area contributed by atoms with E-state index in [1.807, 2.05) is 31.2 Å². The number of carbonyl (C=O) groups is 2. The molecule has 1 aliphatic rings. The molecule has 0 aromatic heterocycles. The summed E-state index contributed by atoms with van der Waals surface area (Å²) < 4.78 is 5.13. The standard InChI is InChI=1S/C18H15Cl2NO3/c1-11-8-12-4-2-3-5-16(12)21(11)17(22)10-24-18(23)14-9-13(19)6-7-15(14)20/h2-7,9,11H,8,10H2,1H3/t11-/m1/s1. The van der Waals surface area contributed by atoms with Gasteiger partial charge in [0.25, 0.3) is 5.91 Å². The van der Waals surface area contributed by atoms with Gasteiger partial charge in [-0.05, 0) is 43.2 Å². The van der Waals surface area contributed by atoms with Crippen LogP contribution in [0.5, 0.6) is 0 Å². The van der Waals surface area contributed by atoms with Gasteiger partial charge in [-0.15, -0.1) is 0 Å². The number of esters is 1. The van der Waals surface area contributed by atoms with Crippen LogP contribution in [0.2, 0.25) is 10.0 Å². The van der Waals surface area contributed by atoms with Gasteiger partial charge in [0.2, 0.25) is 0 Å². The van der Waals surface area contributed by atoms with E-state index in [1.54, 1.807) is 11.0 Å². The van der Waals surface area contributed by atoms with Gasteiger partial charge in [-0.25, -0.2) is 4.79 Å². The average Bonchev–Trinajstić information content (AvgIpc) is 2.90. The van der Waals surface area contributed by atoms with Crippen molar-refractivity contribution in [1.29, 1.82) is 0 Å². The second-order valence-corrected chi connectivity index (χ2v) is 6.49. The Balaban J connectivity index is 1.70. The maximum Gasteiger partial charge on any atom is 0.340 e. The normalized spacial score (nSPS) is 16.0. The summed E-state index contributed by atoms with van der Waals surface area (Å²) >= 11 is 11.8. The second-order valence-electron chi connectivity index (χ2n) is 5.65.